The van der Waals surface area contributed by atoms with Crippen molar-refractivity contribution in [3.8, 4) is 0 Å². The number of aromatic nitrogens is 2. The molecule has 1 aliphatic carbocycles. The lowest BCUT2D eigenvalue weighted by Crippen LogP contribution is -2.36. The molecule has 1 heterocycles. The van der Waals surface area contributed by atoms with Gasteiger partial charge in [0, 0.05) is 6.61 Å². The SMILES string of the molecule is CCOC1(c2noc(C(O)CCN)n2)CCCC(C)C1. The van der Waals surface area contributed by atoms with Crippen molar-refractivity contribution < 1.29 is 14.4 Å². The summed E-state index contributed by atoms with van der Waals surface area (Å²) in [6.07, 6.45) is 3.72. The van der Waals surface area contributed by atoms with Gasteiger partial charge < -0.3 is 20.1 Å². The Kier molecular flexibility index (Phi) is 5.12. The van der Waals surface area contributed by atoms with Crippen LogP contribution in [0.5, 0.6) is 0 Å². The van der Waals surface area contributed by atoms with Crippen LogP contribution in [0, 0.1) is 5.92 Å². The third kappa shape index (κ3) is 3.19. The quantitative estimate of drug-likeness (QED) is 0.828. The van der Waals surface area contributed by atoms with Crippen LogP contribution < -0.4 is 5.73 Å². The summed E-state index contributed by atoms with van der Waals surface area (Å²) in [5.41, 5.74) is 4.97. The summed E-state index contributed by atoms with van der Waals surface area (Å²) < 4.78 is 11.2. The molecule has 6 nitrogen and oxygen atoms in total. The number of ether oxygens (including phenoxy) is 1. The largest absolute Gasteiger partial charge is 0.383 e. The Hall–Kier alpha value is -0.980. The average Bonchev–Trinajstić information content (AvgIpc) is 2.89. The highest BCUT2D eigenvalue weighted by Crippen LogP contribution is 2.41. The van der Waals surface area contributed by atoms with E-state index in [1.54, 1.807) is 0 Å². The molecule has 0 spiro atoms. The normalized spacial score (nSPS) is 28.5. The van der Waals surface area contributed by atoms with E-state index in [4.69, 9.17) is 15.0 Å². The predicted octanol–water partition coefficient (Wildman–Crippen LogP) is 1.89. The van der Waals surface area contributed by atoms with E-state index in [2.05, 4.69) is 17.1 Å². The lowest BCUT2D eigenvalue weighted by Gasteiger charge is -2.37. The smallest absolute Gasteiger partial charge is 0.255 e. The molecule has 0 radical (unpaired) electrons. The summed E-state index contributed by atoms with van der Waals surface area (Å²) in [5, 5.41) is 13.9. The zero-order valence-electron chi connectivity index (χ0n) is 12.3. The molecule has 6 heteroatoms. The van der Waals surface area contributed by atoms with E-state index >= 15 is 0 Å². The van der Waals surface area contributed by atoms with Gasteiger partial charge in [0.25, 0.3) is 5.89 Å². The highest BCUT2D eigenvalue weighted by molar-refractivity contribution is 5.05. The van der Waals surface area contributed by atoms with Crippen molar-refractivity contribution in [3.05, 3.63) is 11.7 Å². The first-order chi connectivity index (χ1) is 9.61. The summed E-state index contributed by atoms with van der Waals surface area (Å²) in [6.45, 7) is 5.19. The molecule has 0 saturated heterocycles. The number of hydrogen-bond acceptors (Lipinski definition) is 6. The van der Waals surface area contributed by atoms with Gasteiger partial charge in [-0.05, 0) is 45.1 Å². The summed E-state index contributed by atoms with van der Waals surface area (Å²) >= 11 is 0. The first kappa shape index (κ1) is 15.4. The molecule has 1 aliphatic rings. The molecule has 20 heavy (non-hydrogen) atoms. The lowest BCUT2D eigenvalue weighted by atomic mass is 9.78. The first-order valence-corrected chi connectivity index (χ1v) is 7.47. The molecule has 3 unspecified atom stereocenters. The Bertz CT molecular complexity index is 420. The van der Waals surface area contributed by atoms with Crippen molar-refractivity contribution in [2.24, 2.45) is 11.7 Å². The maximum atomic E-state index is 9.88. The second-order valence-electron chi connectivity index (χ2n) is 5.68. The maximum Gasteiger partial charge on any atom is 0.255 e. The molecule has 1 fully saturated rings. The molecule has 1 aromatic heterocycles. The number of rotatable bonds is 6. The number of nitrogens with zero attached hydrogens (tertiary/aromatic N) is 2. The second-order valence-corrected chi connectivity index (χ2v) is 5.68. The first-order valence-electron chi connectivity index (χ1n) is 7.47. The zero-order chi connectivity index (χ0) is 14.6. The van der Waals surface area contributed by atoms with Crippen LogP contribution in [0.25, 0.3) is 0 Å². The van der Waals surface area contributed by atoms with E-state index < -0.39 is 11.7 Å². The van der Waals surface area contributed by atoms with Gasteiger partial charge in [-0.3, -0.25) is 0 Å². The molecule has 0 aliphatic heterocycles. The maximum absolute atomic E-state index is 9.88. The van der Waals surface area contributed by atoms with Crippen molar-refractivity contribution >= 4 is 0 Å². The summed E-state index contributed by atoms with van der Waals surface area (Å²) in [5.74, 6) is 1.38. The van der Waals surface area contributed by atoms with E-state index in [1.807, 2.05) is 6.92 Å². The zero-order valence-corrected chi connectivity index (χ0v) is 12.3. The summed E-state index contributed by atoms with van der Waals surface area (Å²) in [6, 6.07) is 0. The number of nitrogens with two attached hydrogens (primary N) is 1. The van der Waals surface area contributed by atoms with E-state index in [-0.39, 0.29) is 5.89 Å². The highest BCUT2D eigenvalue weighted by atomic mass is 16.5. The standard InChI is InChI=1S/C14H25N3O3/c1-3-19-14(7-4-5-10(2)9-14)13-16-12(20-17-13)11(18)6-8-15/h10-11,18H,3-9,15H2,1-2H3. The number of hydrogen-bond donors (Lipinski definition) is 2. The van der Waals surface area contributed by atoms with Crippen LogP contribution in [-0.2, 0) is 10.3 Å². The van der Waals surface area contributed by atoms with Crippen LogP contribution in [0.1, 0.15) is 63.8 Å². The monoisotopic (exact) mass is 283 g/mol. The topological polar surface area (TPSA) is 94.4 Å². The van der Waals surface area contributed by atoms with E-state index in [9.17, 15) is 5.11 Å². The molecule has 1 saturated carbocycles. The van der Waals surface area contributed by atoms with Gasteiger partial charge in [-0.15, -0.1) is 0 Å². The van der Waals surface area contributed by atoms with Gasteiger partial charge in [0.2, 0.25) is 5.82 Å². The lowest BCUT2D eigenvalue weighted by molar-refractivity contribution is -0.0891. The van der Waals surface area contributed by atoms with Crippen LogP contribution in [0.15, 0.2) is 4.52 Å². The van der Waals surface area contributed by atoms with Crippen LogP contribution in [0.4, 0.5) is 0 Å². The minimum atomic E-state index is -0.791. The minimum Gasteiger partial charge on any atom is -0.383 e. The number of aliphatic hydroxyl groups excluding tert-OH is 1. The molecule has 3 N–H and O–H groups in total. The van der Waals surface area contributed by atoms with Gasteiger partial charge in [-0.1, -0.05) is 18.5 Å². The molecule has 3 atom stereocenters. The summed E-state index contributed by atoms with van der Waals surface area (Å²) in [7, 11) is 0. The Morgan fingerprint density at radius 1 is 1.60 bits per heavy atom. The van der Waals surface area contributed by atoms with Crippen LogP contribution in [-0.4, -0.2) is 28.4 Å². The Morgan fingerprint density at radius 2 is 2.40 bits per heavy atom. The molecule has 2 rings (SSSR count). The van der Waals surface area contributed by atoms with Crippen molar-refractivity contribution in [1.82, 2.24) is 10.1 Å². The van der Waals surface area contributed by atoms with Gasteiger partial charge in [-0.2, -0.15) is 4.98 Å². The van der Waals surface area contributed by atoms with Gasteiger partial charge >= 0.3 is 0 Å². The fourth-order valence-electron chi connectivity index (χ4n) is 3.02. The van der Waals surface area contributed by atoms with E-state index in [0.717, 1.165) is 19.3 Å². The van der Waals surface area contributed by atoms with Crippen LogP contribution in [0.2, 0.25) is 0 Å². The van der Waals surface area contributed by atoms with E-state index in [0.29, 0.717) is 31.3 Å². The third-order valence-electron chi connectivity index (χ3n) is 3.95. The van der Waals surface area contributed by atoms with Gasteiger partial charge in [0.05, 0.1) is 0 Å². The fourth-order valence-corrected chi connectivity index (χ4v) is 3.02. The molecule has 114 valence electrons. The Balaban J connectivity index is 2.21. The molecular weight excluding hydrogens is 258 g/mol. The van der Waals surface area contributed by atoms with E-state index in [1.165, 1.54) is 6.42 Å². The van der Waals surface area contributed by atoms with Crippen molar-refractivity contribution in [2.45, 2.75) is 57.7 Å². The minimum absolute atomic E-state index is 0.239. The molecule has 0 bridgehead atoms. The van der Waals surface area contributed by atoms with Crippen molar-refractivity contribution in [1.29, 1.82) is 0 Å². The molecule has 0 amide bonds. The third-order valence-corrected chi connectivity index (χ3v) is 3.95. The molecular formula is C14H25N3O3. The van der Waals surface area contributed by atoms with Crippen molar-refractivity contribution in [2.75, 3.05) is 13.2 Å². The highest BCUT2D eigenvalue weighted by Gasteiger charge is 2.41. The average molecular weight is 283 g/mol. The van der Waals surface area contributed by atoms with Gasteiger partial charge in [0.15, 0.2) is 0 Å². The van der Waals surface area contributed by atoms with Gasteiger partial charge in [-0.25, -0.2) is 0 Å². The predicted molar refractivity (Wildman–Crippen MR) is 73.9 cm³/mol. The van der Waals surface area contributed by atoms with Crippen molar-refractivity contribution in [3.63, 3.8) is 0 Å². The van der Waals surface area contributed by atoms with Crippen LogP contribution in [0.3, 0.4) is 0 Å². The molecule has 1 aromatic rings. The second kappa shape index (κ2) is 6.65. The molecule has 0 aromatic carbocycles. The Labute approximate surface area is 119 Å². The Morgan fingerprint density at radius 3 is 3.05 bits per heavy atom. The van der Waals surface area contributed by atoms with Gasteiger partial charge in [0.1, 0.15) is 11.7 Å². The summed E-state index contributed by atoms with van der Waals surface area (Å²) in [4.78, 5) is 4.37. The fraction of sp³-hybridized carbons (Fsp3) is 0.857. The van der Waals surface area contributed by atoms with Crippen LogP contribution >= 0.6 is 0 Å². The number of aliphatic hydroxyl groups is 1.